The van der Waals surface area contributed by atoms with Crippen molar-refractivity contribution in [2.75, 3.05) is 18.5 Å². The Morgan fingerprint density at radius 1 is 1.40 bits per heavy atom. The van der Waals surface area contributed by atoms with Gasteiger partial charge in [-0.15, -0.1) is 0 Å². The topological polar surface area (TPSA) is 78.3 Å². The van der Waals surface area contributed by atoms with E-state index in [1.807, 2.05) is 17.8 Å². The van der Waals surface area contributed by atoms with E-state index in [2.05, 4.69) is 15.0 Å². The zero-order chi connectivity index (χ0) is 21.3. The van der Waals surface area contributed by atoms with Crippen LogP contribution in [0.15, 0.2) is 30.6 Å². The summed E-state index contributed by atoms with van der Waals surface area (Å²) in [4.78, 5) is 20.5. The van der Waals surface area contributed by atoms with Gasteiger partial charge in [-0.05, 0) is 30.2 Å². The van der Waals surface area contributed by atoms with Gasteiger partial charge in [0.05, 0.1) is 30.6 Å². The van der Waals surface area contributed by atoms with Crippen molar-refractivity contribution in [3.8, 4) is 11.3 Å². The second-order valence-corrected chi connectivity index (χ2v) is 7.34. The van der Waals surface area contributed by atoms with E-state index < -0.39 is 6.61 Å². The van der Waals surface area contributed by atoms with Crippen LogP contribution in [-0.2, 0) is 27.9 Å². The Kier molecular flexibility index (Phi) is 5.74. The van der Waals surface area contributed by atoms with Crippen molar-refractivity contribution in [2.24, 2.45) is 7.05 Å². The average molecular weight is 416 g/mol. The van der Waals surface area contributed by atoms with Crippen LogP contribution in [0, 0.1) is 0 Å². The first-order chi connectivity index (χ1) is 14.4. The van der Waals surface area contributed by atoms with Gasteiger partial charge in [-0.3, -0.25) is 9.78 Å². The van der Waals surface area contributed by atoms with Gasteiger partial charge < -0.3 is 19.4 Å². The van der Waals surface area contributed by atoms with Crippen LogP contribution in [0.25, 0.3) is 22.2 Å². The first-order valence-electron chi connectivity index (χ1n) is 9.62. The van der Waals surface area contributed by atoms with E-state index in [1.54, 1.807) is 24.4 Å². The fourth-order valence-corrected chi connectivity index (χ4v) is 3.70. The molecule has 1 amide bonds. The highest BCUT2D eigenvalue weighted by Gasteiger charge is 2.22. The number of pyridine rings is 2. The second kappa shape index (κ2) is 8.45. The summed E-state index contributed by atoms with van der Waals surface area (Å²) in [6, 6.07) is 5.35. The minimum Gasteiger partial charge on any atom is -0.381 e. The first kappa shape index (κ1) is 20.4. The molecule has 158 valence electrons. The highest BCUT2D eigenvalue weighted by atomic mass is 19.3. The van der Waals surface area contributed by atoms with E-state index in [0.717, 1.165) is 28.6 Å². The van der Waals surface area contributed by atoms with Crippen LogP contribution in [0.2, 0.25) is 0 Å². The van der Waals surface area contributed by atoms with Crippen LogP contribution in [0.1, 0.15) is 30.5 Å². The number of hydrogen-bond donors (Lipinski definition) is 1. The van der Waals surface area contributed by atoms with Gasteiger partial charge >= 0.3 is 6.61 Å². The maximum Gasteiger partial charge on any atom is 0.345 e. The van der Waals surface area contributed by atoms with Crippen molar-refractivity contribution in [1.82, 2.24) is 14.5 Å². The minimum absolute atomic E-state index is 0.113. The van der Waals surface area contributed by atoms with Gasteiger partial charge in [-0.1, -0.05) is 0 Å². The number of fused-ring (bicyclic) bond motifs is 1. The van der Waals surface area contributed by atoms with Crippen LogP contribution in [-0.4, -0.2) is 40.3 Å². The third-order valence-corrected chi connectivity index (χ3v) is 5.08. The number of carbonyl (C=O) groups excluding carboxylic acids is 1. The summed E-state index contributed by atoms with van der Waals surface area (Å²) in [6.45, 7) is -0.431. The normalized spacial score (nSPS) is 16.5. The van der Waals surface area contributed by atoms with E-state index in [1.165, 1.54) is 6.92 Å². The van der Waals surface area contributed by atoms with Gasteiger partial charge in [0.15, 0.2) is 0 Å². The van der Waals surface area contributed by atoms with Crippen molar-refractivity contribution in [3.63, 3.8) is 0 Å². The predicted molar refractivity (Wildman–Crippen MR) is 107 cm³/mol. The quantitative estimate of drug-likeness (QED) is 0.661. The molecule has 4 heterocycles. The largest absolute Gasteiger partial charge is 0.381 e. The van der Waals surface area contributed by atoms with Crippen molar-refractivity contribution in [1.29, 1.82) is 0 Å². The van der Waals surface area contributed by atoms with Gasteiger partial charge in [0, 0.05) is 49.3 Å². The molecule has 3 aromatic rings. The van der Waals surface area contributed by atoms with Gasteiger partial charge in [-0.2, -0.15) is 8.78 Å². The van der Waals surface area contributed by atoms with Crippen molar-refractivity contribution in [2.45, 2.75) is 32.5 Å². The summed E-state index contributed by atoms with van der Waals surface area (Å²) in [5.74, 6) is 0.331. The average Bonchev–Trinajstić information content (AvgIpc) is 3.34. The van der Waals surface area contributed by atoms with Crippen LogP contribution in [0.3, 0.4) is 0 Å². The van der Waals surface area contributed by atoms with Crippen molar-refractivity contribution >= 4 is 22.6 Å². The molecule has 0 bridgehead atoms. The number of aromatic nitrogens is 3. The molecule has 1 atom stereocenters. The summed E-state index contributed by atoms with van der Waals surface area (Å²) >= 11 is 0. The summed E-state index contributed by atoms with van der Waals surface area (Å²) in [7, 11) is 1.89. The number of aryl methyl sites for hydroxylation is 1. The number of hydrogen-bond acceptors (Lipinski definition) is 5. The Morgan fingerprint density at radius 3 is 2.93 bits per heavy atom. The molecule has 1 fully saturated rings. The Bertz CT molecular complexity index is 1080. The standard InChI is InChI=1S/C21H22F2N4O3/c1-12(28)25-20-7-15-16(9-27(2)19(15)8-24-20)18-6-13(10-30-21(22)23)5-17(26-18)14-3-4-29-11-14/h5-9,14,21H,3-4,10-11H2,1-2H3,(H,24,25,28). The maximum absolute atomic E-state index is 12.6. The number of amides is 1. The number of ether oxygens (including phenoxy) is 2. The molecular formula is C21H22F2N4O3. The molecule has 0 aliphatic carbocycles. The molecule has 30 heavy (non-hydrogen) atoms. The van der Waals surface area contributed by atoms with Crippen molar-refractivity contribution in [3.05, 3.63) is 41.9 Å². The molecule has 0 saturated carbocycles. The molecule has 7 nitrogen and oxygen atoms in total. The molecular weight excluding hydrogens is 394 g/mol. The van der Waals surface area contributed by atoms with Crippen LogP contribution >= 0.6 is 0 Å². The lowest BCUT2D eigenvalue weighted by Crippen LogP contribution is -2.07. The van der Waals surface area contributed by atoms with E-state index in [0.29, 0.717) is 30.3 Å². The number of halogens is 2. The molecule has 1 saturated heterocycles. The summed E-state index contributed by atoms with van der Waals surface area (Å²) in [5, 5.41) is 3.54. The number of rotatable bonds is 6. The number of alkyl halides is 2. The van der Waals surface area contributed by atoms with Crippen LogP contribution in [0.4, 0.5) is 14.6 Å². The summed E-state index contributed by atoms with van der Waals surface area (Å²) in [5.41, 5.74) is 3.75. The van der Waals surface area contributed by atoms with E-state index in [9.17, 15) is 13.6 Å². The monoisotopic (exact) mass is 416 g/mol. The number of anilines is 1. The van der Waals surface area contributed by atoms with Crippen LogP contribution in [0.5, 0.6) is 0 Å². The Hall–Kier alpha value is -2.91. The summed E-state index contributed by atoms with van der Waals surface area (Å²) < 4.78 is 37.1. The highest BCUT2D eigenvalue weighted by molar-refractivity contribution is 5.98. The lowest BCUT2D eigenvalue weighted by molar-refractivity contribution is -0.137. The van der Waals surface area contributed by atoms with Gasteiger partial charge in [0.2, 0.25) is 5.91 Å². The molecule has 1 N–H and O–H groups in total. The Labute approximate surface area is 172 Å². The molecule has 9 heteroatoms. The fourth-order valence-electron chi connectivity index (χ4n) is 3.70. The molecule has 0 spiro atoms. The first-order valence-corrected chi connectivity index (χ1v) is 9.62. The van der Waals surface area contributed by atoms with E-state index in [-0.39, 0.29) is 18.4 Å². The zero-order valence-electron chi connectivity index (χ0n) is 16.7. The second-order valence-electron chi connectivity index (χ2n) is 7.34. The molecule has 1 aliphatic rings. The molecule has 1 unspecified atom stereocenters. The Balaban J connectivity index is 1.81. The number of nitrogens with one attached hydrogen (secondary N) is 1. The van der Waals surface area contributed by atoms with E-state index >= 15 is 0 Å². The zero-order valence-corrected chi connectivity index (χ0v) is 16.7. The third kappa shape index (κ3) is 4.31. The lowest BCUT2D eigenvalue weighted by Gasteiger charge is -2.13. The molecule has 4 rings (SSSR count). The maximum atomic E-state index is 12.6. The van der Waals surface area contributed by atoms with Crippen LogP contribution < -0.4 is 5.32 Å². The molecule has 0 radical (unpaired) electrons. The molecule has 3 aromatic heterocycles. The summed E-state index contributed by atoms with van der Waals surface area (Å²) in [6.07, 6.45) is 4.43. The van der Waals surface area contributed by atoms with Gasteiger partial charge in [-0.25, -0.2) is 4.98 Å². The third-order valence-electron chi connectivity index (χ3n) is 5.08. The number of carbonyl (C=O) groups is 1. The molecule has 0 aromatic carbocycles. The minimum atomic E-state index is -2.84. The molecule has 1 aliphatic heterocycles. The smallest absolute Gasteiger partial charge is 0.345 e. The Morgan fingerprint density at radius 2 is 2.23 bits per heavy atom. The van der Waals surface area contributed by atoms with Gasteiger partial charge in [0.1, 0.15) is 5.82 Å². The van der Waals surface area contributed by atoms with E-state index in [4.69, 9.17) is 9.72 Å². The lowest BCUT2D eigenvalue weighted by atomic mass is 10.0. The highest BCUT2D eigenvalue weighted by Crippen LogP contribution is 2.33. The van der Waals surface area contributed by atoms with Gasteiger partial charge in [0.25, 0.3) is 0 Å². The van der Waals surface area contributed by atoms with Crippen molar-refractivity contribution < 1.29 is 23.0 Å². The fraction of sp³-hybridized carbons (Fsp3) is 0.381. The predicted octanol–water partition coefficient (Wildman–Crippen LogP) is 3.84. The number of nitrogens with zero attached hydrogens (tertiary/aromatic N) is 3. The SMILES string of the molecule is CC(=O)Nc1cc2c(-c3cc(COC(F)F)cc(C4CCOC4)n3)cn(C)c2cn1.